The first kappa shape index (κ1) is 23.5. The molecule has 0 amide bonds. The minimum absolute atomic E-state index is 0.268. The molecule has 1 aliphatic heterocycles. The second-order valence-electron chi connectivity index (χ2n) is 9.15. The Morgan fingerprint density at radius 3 is 2.15 bits per heavy atom. The fourth-order valence-corrected chi connectivity index (χ4v) is 6.12. The van der Waals surface area contributed by atoms with E-state index in [9.17, 15) is 8.42 Å². The van der Waals surface area contributed by atoms with Gasteiger partial charge in [0.1, 0.15) is 4.90 Å². The van der Waals surface area contributed by atoms with Crippen molar-refractivity contribution in [2.45, 2.75) is 39.5 Å². The number of rotatable bonds is 6. The molecule has 3 aromatic rings. The Bertz CT molecular complexity index is 1210. The zero-order chi connectivity index (χ0) is 23.8. The van der Waals surface area contributed by atoms with E-state index in [-0.39, 0.29) is 4.90 Å². The van der Waals surface area contributed by atoms with Gasteiger partial charge in [0.25, 0.3) is 0 Å². The minimum atomic E-state index is -3.64. The van der Waals surface area contributed by atoms with Crippen LogP contribution in [0.4, 0.5) is 0 Å². The van der Waals surface area contributed by atoms with Crippen LogP contribution in [0.1, 0.15) is 30.8 Å². The van der Waals surface area contributed by atoms with Crippen molar-refractivity contribution >= 4 is 10.0 Å². The standard InChI is InChI=1S/C24H32N6O2S/c1-17(2)16-28-12-14-29(15-13-28)33(31,32)24-19(4)27-30(20(24)5)23-11-10-22(25-26-23)21-8-6-18(3)7-9-21/h6-11,17H,12-16H2,1-5H3. The molecule has 33 heavy (non-hydrogen) atoms. The Hall–Kier alpha value is -2.62. The highest BCUT2D eigenvalue weighted by Crippen LogP contribution is 2.26. The second kappa shape index (κ2) is 9.32. The lowest BCUT2D eigenvalue weighted by atomic mass is 10.1. The zero-order valence-electron chi connectivity index (χ0n) is 20.0. The van der Waals surface area contributed by atoms with E-state index in [1.807, 2.05) is 43.3 Å². The summed E-state index contributed by atoms with van der Waals surface area (Å²) in [6.07, 6.45) is 0. The highest BCUT2D eigenvalue weighted by Gasteiger charge is 2.33. The van der Waals surface area contributed by atoms with Gasteiger partial charge in [0.2, 0.25) is 10.0 Å². The molecule has 1 aromatic carbocycles. The smallest absolute Gasteiger partial charge is 0.246 e. The molecule has 9 heteroatoms. The van der Waals surface area contributed by atoms with Gasteiger partial charge in [-0.25, -0.2) is 13.1 Å². The molecule has 0 N–H and O–H groups in total. The van der Waals surface area contributed by atoms with Gasteiger partial charge in [-0.05, 0) is 38.8 Å². The Morgan fingerprint density at radius 2 is 1.58 bits per heavy atom. The molecule has 176 valence electrons. The summed E-state index contributed by atoms with van der Waals surface area (Å²) in [5.41, 5.74) is 3.94. The third-order valence-electron chi connectivity index (χ3n) is 5.99. The summed E-state index contributed by atoms with van der Waals surface area (Å²) in [5.74, 6) is 1.06. The Kier molecular flexibility index (Phi) is 6.65. The Balaban J connectivity index is 1.57. The van der Waals surface area contributed by atoms with Crippen LogP contribution in [0.2, 0.25) is 0 Å². The number of sulfonamides is 1. The molecular weight excluding hydrogens is 436 g/mol. The highest BCUT2D eigenvalue weighted by atomic mass is 32.2. The fraction of sp³-hybridized carbons (Fsp3) is 0.458. The monoisotopic (exact) mass is 468 g/mol. The van der Waals surface area contributed by atoms with Gasteiger partial charge in [-0.15, -0.1) is 10.2 Å². The van der Waals surface area contributed by atoms with Gasteiger partial charge in [-0.3, -0.25) is 0 Å². The SMILES string of the molecule is Cc1ccc(-c2ccc(-n3nc(C)c(S(=O)(=O)N4CCN(CC(C)C)CC4)c3C)nn2)cc1. The van der Waals surface area contributed by atoms with Crippen molar-refractivity contribution in [1.82, 2.24) is 29.2 Å². The van der Waals surface area contributed by atoms with E-state index in [1.54, 1.807) is 22.8 Å². The number of aromatic nitrogens is 4. The van der Waals surface area contributed by atoms with Gasteiger partial charge in [0, 0.05) is 38.3 Å². The summed E-state index contributed by atoms with van der Waals surface area (Å²) in [5, 5.41) is 13.2. The predicted octanol–water partition coefficient (Wildman–Crippen LogP) is 3.22. The van der Waals surface area contributed by atoms with Crippen molar-refractivity contribution in [2.24, 2.45) is 5.92 Å². The van der Waals surface area contributed by atoms with Crippen LogP contribution in [-0.4, -0.2) is 70.3 Å². The van der Waals surface area contributed by atoms with Gasteiger partial charge in [0.15, 0.2) is 5.82 Å². The predicted molar refractivity (Wildman–Crippen MR) is 129 cm³/mol. The number of nitrogens with zero attached hydrogens (tertiary/aromatic N) is 6. The molecule has 8 nitrogen and oxygen atoms in total. The number of hydrogen-bond donors (Lipinski definition) is 0. The third kappa shape index (κ3) is 4.85. The van der Waals surface area contributed by atoms with Crippen LogP contribution in [0.3, 0.4) is 0 Å². The van der Waals surface area contributed by atoms with Gasteiger partial charge >= 0.3 is 0 Å². The Labute approximate surface area is 196 Å². The highest BCUT2D eigenvalue weighted by molar-refractivity contribution is 7.89. The lowest BCUT2D eigenvalue weighted by Crippen LogP contribution is -2.49. The van der Waals surface area contributed by atoms with Crippen molar-refractivity contribution in [3.63, 3.8) is 0 Å². The third-order valence-corrected chi connectivity index (χ3v) is 8.14. The number of aryl methyl sites for hydroxylation is 2. The topological polar surface area (TPSA) is 84.2 Å². The van der Waals surface area contributed by atoms with Crippen LogP contribution in [0, 0.1) is 26.7 Å². The van der Waals surface area contributed by atoms with Crippen molar-refractivity contribution in [3.8, 4) is 17.1 Å². The first-order valence-corrected chi connectivity index (χ1v) is 12.8. The van der Waals surface area contributed by atoms with Gasteiger partial charge in [-0.2, -0.15) is 9.40 Å². The van der Waals surface area contributed by atoms with Crippen molar-refractivity contribution in [1.29, 1.82) is 0 Å². The van der Waals surface area contributed by atoms with E-state index < -0.39 is 10.0 Å². The van der Waals surface area contributed by atoms with E-state index in [0.717, 1.165) is 30.9 Å². The maximum atomic E-state index is 13.5. The molecule has 0 atom stereocenters. The van der Waals surface area contributed by atoms with Crippen molar-refractivity contribution < 1.29 is 8.42 Å². The minimum Gasteiger partial charge on any atom is -0.300 e. The van der Waals surface area contributed by atoms with Crippen LogP contribution >= 0.6 is 0 Å². The lowest BCUT2D eigenvalue weighted by molar-refractivity contribution is 0.172. The summed E-state index contributed by atoms with van der Waals surface area (Å²) < 4.78 is 30.1. The first-order valence-electron chi connectivity index (χ1n) is 11.4. The van der Waals surface area contributed by atoms with Crippen LogP contribution in [0.25, 0.3) is 17.1 Å². The van der Waals surface area contributed by atoms with Crippen molar-refractivity contribution in [2.75, 3.05) is 32.7 Å². The molecule has 4 rings (SSSR count). The summed E-state index contributed by atoms with van der Waals surface area (Å²) in [4.78, 5) is 2.59. The van der Waals surface area contributed by atoms with E-state index in [4.69, 9.17) is 0 Å². The lowest BCUT2D eigenvalue weighted by Gasteiger charge is -2.34. The largest absolute Gasteiger partial charge is 0.300 e. The average molecular weight is 469 g/mol. The van der Waals surface area contributed by atoms with E-state index in [1.165, 1.54) is 5.56 Å². The maximum absolute atomic E-state index is 13.5. The quantitative estimate of drug-likeness (QED) is 0.552. The molecule has 0 aliphatic carbocycles. The van der Waals surface area contributed by atoms with Gasteiger partial charge in [-0.1, -0.05) is 43.7 Å². The van der Waals surface area contributed by atoms with Crippen LogP contribution in [0.5, 0.6) is 0 Å². The summed E-state index contributed by atoms with van der Waals surface area (Å²) in [7, 11) is -3.64. The second-order valence-corrected chi connectivity index (χ2v) is 11.0. The fourth-order valence-electron chi connectivity index (χ4n) is 4.34. The number of benzene rings is 1. The molecule has 3 heterocycles. The van der Waals surface area contributed by atoms with Crippen LogP contribution < -0.4 is 0 Å². The summed E-state index contributed by atoms with van der Waals surface area (Å²) in [6, 6.07) is 11.8. The average Bonchev–Trinajstić information content (AvgIpc) is 3.09. The summed E-state index contributed by atoms with van der Waals surface area (Å²) in [6.45, 7) is 13.4. The normalized spacial score (nSPS) is 15.9. The van der Waals surface area contributed by atoms with E-state index in [2.05, 4.69) is 34.0 Å². The maximum Gasteiger partial charge on any atom is 0.246 e. The molecule has 1 fully saturated rings. The van der Waals surface area contributed by atoms with Gasteiger partial charge in [0.05, 0.1) is 17.1 Å². The zero-order valence-corrected chi connectivity index (χ0v) is 20.8. The molecule has 2 aromatic heterocycles. The van der Waals surface area contributed by atoms with Crippen LogP contribution in [-0.2, 0) is 10.0 Å². The molecule has 0 bridgehead atoms. The molecule has 1 aliphatic rings. The molecule has 0 unspecified atom stereocenters. The van der Waals surface area contributed by atoms with E-state index in [0.29, 0.717) is 36.2 Å². The molecule has 0 radical (unpaired) electrons. The molecule has 0 spiro atoms. The molecule has 1 saturated heterocycles. The van der Waals surface area contributed by atoms with Crippen LogP contribution in [0.15, 0.2) is 41.3 Å². The molecule has 0 saturated carbocycles. The summed E-state index contributed by atoms with van der Waals surface area (Å²) >= 11 is 0. The Morgan fingerprint density at radius 1 is 0.909 bits per heavy atom. The number of hydrogen-bond acceptors (Lipinski definition) is 6. The van der Waals surface area contributed by atoms with Crippen molar-refractivity contribution in [3.05, 3.63) is 53.3 Å². The van der Waals surface area contributed by atoms with Gasteiger partial charge < -0.3 is 4.90 Å². The van der Waals surface area contributed by atoms with E-state index >= 15 is 0 Å². The molecular formula is C24H32N6O2S. The first-order chi connectivity index (χ1) is 15.7. The number of piperazine rings is 1.